The van der Waals surface area contributed by atoms with E-state index in [2.05, 4.69) is 23.2 Å². The van der Waals surface area contributed by atoms with Crippen LogP contribution in [0.5, 0.6) is 0 Å². The number of nitrogens with two attached hydrogens (primary N) is 2. The van der Waals surface area contributed by atoms with Crippen molar-refractivity contribution < 1.29 is 4.74 Å². The van der Waals surface area contributed by atoms with Gasteiger partial charge in [-0.25, -0.2) is 0 Å². The van der Waals surface area contributed by atoms with Gasteiger partial charge in [0.1, 0.15) is 6.23 Å². The van der Waals surface area contributed by atoms with Crippen LogP contribution in [0.2, 0.25) is 0 Å². The molecule has 3 aliphatic rings. The van der Waals surface area contributed by atoms with Crippen LogP contribution in [0.15, 0.2) is 11.6 Å². The summed E-state index contributed by atoms with van der Waals surface area (Å²) in [6.07, 6.45) is 11.1. The van der Waals surface area contributed by atoms with Crippen LogP contribution in [-0.2, 0) is 4.74 Å². The topological polar surface area (TPSA) is 76.5 Å². The van der Waals surface area contributed by atoms with Gasteiger partial charge in [0.05, 0.1) is 0 Å². The number of piperidine rings is 2. The number of allylic oxidation sites excluding steroid dienone is 2. The van der Waals surface area contributed by atoms with Crippen molar-refractivity contribution in [2.75, 3.05) is 32.8 Å². The molecule has 5 nitrogen and oxygen atoms in total. The Morgan fingerprint density at radius 1 is 1.22 bits per heavy atom. The molecule has 0 amide bonds. The minimum absolute atomic E-state index is 0.0844. The van der Waals surface area contributed by atoms with Crippen molar-refractivity contribution in [3.05, 3.63) is 11.6 Å². The maximum Gasteiger partial charge on any atom is 0.108 e. The average Bonchev–Trinajstić information content (AvgIpc) is 2.68. The van der Waals surface area contributed by atoms with Crippen LogP contribution in [0.25, 0.3) is 0 Å². The number of ether oxygens (including phenoxy) is 1. The predicted molar refractivity (Wildman–Crippen MR) is 117 cm³/mol. The van der Waals surface area contributed by atoms with Gasteiger partial charge in [0.15, 0.2) is 0 Å². The predicted octanol–water partition coefficient (Wildman–Crippen LogP) is 3.24. The molecule has 0 aromatic rings. The summed E-state index contributed by atoms with van der Waals surface area (Å²) in [6.45, 7) is 13.2. The van der Waals surface area contributed by atoms with Crippen molar-refractivity contribution in [2.45, 2.75) is 91.0 Å². The largest absolute Gasteiger partial charge is 0.364 e. The van der Waals surface area contributed by atoms with Crippen molar-refractivity contribution in [2.24, 2.45) is 17.4 Å². The van der Waals surface area contributed by atoms with E-state index in [-0.39, 0.29) is 12.3 Å². The highest BCUT2D eigenvalue weighted by atomic mass is 16.5. The summed E-state index contributed by atoms with van der Waals surface area (Å²) in [5.74, 6) is 0.513. The molecule has 2 saturated heterocycles. The van der Waals surface area contributed by atoms with E-state index in [1.807, 2.05) is 20.8 Å². The van der Waals surface area contributed by atoms with Crippen molar-refractivity contribution in [3.8, 4) is 0 Å². The van der Waals surface area contributed by atoms with Gasteiger partial charge >= 0.3 is 0 Å². The second-order valence-corrected chi connectivity index (χ2v) is 7.67. The van der Waals surface area contributed by atoms with E-state index in [0.717, 1.165) is 39.0 Å². The standard InChI is InChI=1S/C13H28N4O.C7H12.C2H6/c1-2-18-13(15)10-4-7-17(8-5-10)12-3-6-16-9-11(12)14;1-2-4-7-5-3-6-7;1-2/h10-13,16H,2-9,14-15H2,1H3;5H,2-4,6H2,1H3;1-2H3. The zero-order valence-corrected chi connectivity index (χ0v) is 18.4. The first-order valence-electron chi connectivity index (χ1n) is 11.4. The molecule has 160 valence electrons. The van der Waals surface area contributed by atoms with E-state index in [0.29, 0.717) is 18.6 Å². The maximum absolute atomic E-state index is 6.20. The Hall–Kier alpha value is -0.460. The van der Waals surface area contributed by atoms with Crippen LogP contribution in [-0.4, -0.2) is 56.0 Å². The van der Waals surface area contributed by atoms with E-state index >= 15 is 0 Å². The minimum atomic E-state index is -0.0844. The molecule has 0 radical (unpaired) electrons. The molecule has 5 heteroatoms. The minimum Gasteiger partial charge on any atom is -0.364 e. The molecule has 0 bridgehead atoms. The fourth-order valence-electron chi connectivity index (χ4n) is 4.13. The number of nitrogens with one attached hydrogen (secondary N) is 1. The fourth-order valence-corrected chi connectivity index (χ4v) is 4.13. The first-order valence-corrected chi connectivity index (χ1v) is 11.4. The highest BCUT2D eigenvalue weighted by molar-refractivity contribution is 5.11. The molecule has 5 N–H and O–H groups in total. The second-order valence-electron chi connectivity index (χ2n) is 7.67. The molecule has 3 atom stereocenters. The number of hydrogen-bond acceptors (Lipinski definition) is 5. The SMILES string of the molecule is CC.CCCC1=CCC1.CCOC(N)C1CCN(C2CCNCC2N)CC1. The first-order chi connectivity index (χ1) is 13.2. The Morgan fingerprint density at radius 3 is 2.33 bits per heavy atom. The fraction of sp³-hybridized carbons (Fsp3) is 0.909. The Morgan fingerprint density at radius 2 is 1.89 bits per heavy atom. The van der Waals surface area contributed by atoms with Crippen molar-refractivity contribution >= 4 is 0 Å². The Bertz CT molecular complexity index is 394. The zero-order chi connectivity index (χ0) is 20.1. The third-order valence-electron chi connectivity index (χ3n) is 5.83. The molecular weight excluding hydrogens is 336 g/mol. The summed E-state index contributed by atoms with van der Waals surface area (Å²) in [7, 11) is 0. The molecule has 0 aromatic carbocycles. The van der Waals surface area contributed by atoms with E-state index in [1.54, 1.807) is 5.57 Å². The molecule has 2 aliphatic heterocycles. The number of rotatable bonds is 6. The molecule has 3 rings (SSSR count). The van der Waals surface area contributed by atoms with Gasteiger partial charge in [-0.05, 0) is 65.1 Å². The number of hydrogen-bond donors (Lipinski definition) is 3. The lowest BCUT2D eigenvalue weighted by Crippen LogP contribution is -2.58. The van der Waals surface area contributed by atoms with Crippen LogP contribution in [0, 0.1) is 5.92 Å². The zero-order valence-electron chi connectivity index (χ0n) is 18.4. The molecule has 2 heterocycles. The van der Waals surface area contributed by atoms with Gasteiger partial charge in [-0.2, -0.15) is 0 Å². The van der Waals surface area contributed by atoms with E-state index in [1.165, 1.54) is 32.1 Å². The van der Waals surface area contributed by atoms with Gasteiger partial charge in [-0.1, -0.05) is 38.8 Å². The smallest absolute Gasteiger partial charge is 0.108 e. The summed E-state index contributed by atoms with van der Waals surface area (Å²) in [5, 5.41) is 3.36. The van der Waals surface area contributed by atoms with Crippen molar-refractivity contribution in [3.63, 3.8) is 0 Å². The van der Waals surface area contributed by atoms with Gasteiger partial charge in [0.25, 0.3) is 0 Å². The highest BCUT2D eigenvalue weighted by Crippen LogP contribution is 2.24. The second kappa shape index (κ2) is 14.5. The molecule has 27 heavy (non-hydrogen) atoms. The van der Waals surface area contributed by atoms with Gasteiger partial charge < -0.3 is 21.5 Å². The molecule has 0 spiro atoms. The lowest BCUT2D eigenvalue weighted by Gasteiger charge is -2.43. The summed E-state index contributed by atoms with van der Waals surface area (Å²) in [5.41, 5.74) is 13.9. The summed E-state index contributed by atoms with van der Waals surface area (Å²) >= 11 is 0. The lowest BCUT2D eigenvalue weighted by molar-refractivity contribution is -0.00863. The Balaban J connectivity index is 0.000000338. The van der Waals surface area contributed by atoms with E-state index in [4.69, 9.17) is 16.2 Å². The van der Waals surface area contributed by atoms with Crippen molar-refractivity contribution in [1.29, 1.82) is 0 Å². The quantitative estimate of drug-likeness (QED) is 0.486. The lowest BCUT2D eigenvalue weighted by atomic mass is 9.91. The number of likely N-dealkylation sites (tertiary alicyclic amines) is 1. The Kier molecular flexibility index (Phi) is 13.2. The van der Waals surface area contributed by atoms with Crippen LogP contribution in [0.1, 0.15) is 72.6 Å². The summed E-state index contributed by atoms with van der Waals surface area (Å²) in [4.78, 5) is 2.56. The van der Waals surface area contributed by atoms with Crippen LogP contribution >= 0.6 is 0 Å². The van der Waals surface area contributed by atoms with Crippen LogP contribution in [0.4, 0.5) is 0 Å². The van der Waals surface area contributed by atoms with Gasteiger partial charge in [0.2, 0.25) is 0 Å². The maximum atomic E-state index is 6.20. The molecular formula is C22H46N4O. The molecule has 1 aliphatic carbocycles. The van der Waals surface area contributed by atoms with Gasteiger partial charge in [-0.3, -0.25) is 4.90 Å². The monoisotopic (exact) mass is 382 g/mol. The summed E-state index contributed by atoms with van der Waals surface area (Å²) in [6, 6.07) is 0.825. The molecule has 0 saturated carbocycles. The van der Waals surface area contributed by atoms with Crippen LogP contribution < -0.4 is 16.8 Å². The normalized spacial score (nSPS) is 27.3. The van der Waals surface area contributed by atoms with Crippen LogP contribution in [0.3, 0.4) is 0 Å². The summed E-state index contributed by atoms with van der Waals surface area (Å²) < 4.78 is 5.51. The third kappa shape index (κ3) is 8.61. The third-order valence-corrected chi connectivity index (χ3v) is 5.83. The molecule has 3 unspecified atom stereocenters. The van der Waals surface area contributed by atoms with Gasteiger partial charge in [0, 0.05) is 31.2 Å². The molecule has 0 aromatic heterocycles. The Labute approximate surface area is 168 Å². The van der Waals surface area contributed by atoms with E-state index in [9.17, 15) is 0 Å². The van der Waals surface area contributed by atoms with E-state index < -0.39 is 0 Å². The van der Waals surface area contributed by atoms with Crippen molar-refractivity contribution in [1.82, 2.24) is 10.2 Å². The first kappa shape index (κ1) is 24.6. The molecule has 2 fully saturated rings. The van der Waals surface area contributed by atoms with Gasteiger partial charge in [-0.15, -0.1) is 0 Å². The average molecular weight is 383 g/mol. The number of nitrogens with zero attached hydrogens (tertiary/aromatic N) is 1. The highest BCUT2D eigenvalue weighted by Gasteiger charge is 2.32.